The van der Waals surface area contributed by atoms with E-state index in [0.717, 1.165) is 22.6 Å². The van der Waals surface area contributed by atoms with E-state index in [1.807, 2.05) is 50.2 Å². The summed E-state index contributed by atoms with van der Waals surface area (Å²) >= 11 is 5.95. The Morgan fingerprint density at radius 3 is 2.38 bits per heavy atom. The first-order chi connectivity index (χ1) is 14.0. The van der Waals surface area contributed by atoms with Gasteiger partial charge in [0.05, 0.1) is 34.9 Å². The zero-order valence-electron chi connectivity index (χ0n) is 16.0. The monoisotopic (exact) mass is 406 g/mol. The molecule has 0 radical (unpaired) electrons. The van der Waals surface area contributed by atoms with E-state index in [2.05, 4.69) is 20.5 Å². The van der Waals surface area contributed by atoms with Crippen molar-refractivity contribution in [3.63, 3.8) is 0 Å². The summed E-state index contributed by atoms with van der Waals surface area (Å²) in [7, 11) is 0. The number of benzene rings is 2. The summed E-state index contributed by atoms with van der Waals surface area (Å²) in [5.41, 5.74) is 4.04. The number of hydrogen-bond acceptors (Lipinski definition) is 4. The Labute approximate surface area is 173 Å². The molecule has 0 fully saturated rings. The second kappa shape index (κ2) is 7.89. The van der Waals surface area contributed by atoms with Crippen LogP contribution in [0.15, 0.2) is 67.4 Å². The van der Waals surface area contributed by atoms with E-state index >= 15 is 0 Å². The number of nitrogens with zero attached hydrogens (tertiary/aromatic N) is 5. The summed E-state index contributed by atoms with van der Waals surface area (Å²) in [6.45, 7) is 3.81. The van der Waals surface area contributed by atoms with Crippen LogP contribution in [0.2, 0.25) is 5.02 Å². The van der Waals surface area contributed by atoms with E-state index in [9.17, 15) is 4.79 Å². The third-order valence-electron chi connectivity index (χ3n) is 4.75. The molecule has 0 spiro atoms. The fourth-order valence-electron chi connectivity index (χ4n) is 3.09. The number of hydrogen-bond donors (Lipinski definition) is 1. The summed E-state index contributed by atoms with van der Waals surface area (Å²) in [5, 5.41) is 12.2. The van der Waals surface area contributed by atoms with E-state index < -0.39 is 0 Å². The van der Waals surface area contributed by atoms with E-state index in [0.29, 0.717) is 10.6 Å². The van der Waals surface area contributed by atoms with Gasteiger partial charge in [-0.05, 0) is 55.8 Å². The van der Waals surface area contributed by atoms with Gasteiger partial charge in [0.1, 0.15) is 12.7 Å². The molecule has 1 atom stereocenters. The van der Waals surface area contributed by atoms with Crippen LogP contribution >= 0.6 is 11.6 Å². The Kier molecular flexibility index (Phi) is 5.14. The van der Waals surface area contributed by atoms with Crippen LogP contribution in [0.5, 0.6) is 0 Å². The molecule has 4 aromatic rings. The minimum atomic E-state index is -0.171. The second-order valence-electron chi connectivity index (χ2n) is 6.66. The summed E-state index contributed by atoms with van der Waals surface area (Å²) < 4.78 is 3.41. The molecule has 0 bridgehead atoms. The van der Waals surface area contributed by atoms with Gasteiger partial charge in [-0.3, -0.25) is 4.79 Å². The van der Waals surface area contributed by atoms with Crippen molar-refractivity contribution in [2.24, 2.45) is 0 Å². The molecule has 0 saturated heterocycles. The maximum Gasteiger partial charge on any atom is 0.255 e. The molecule has 1 unspecified atom stereocenters. The van der Waals surface area contributed by atoms with Crippen LogP contribution in [0.1, 0.15) is 34.6 Å². The number of carbonyl (C=O) groups is 1. The fraction of sp³-hybridized carbons (Fsp3) is 0.143. The number of aromatic nitrogens is 5. The van der Waals surface area contributed by atoms with Crippen LogP contribution in [0.3, 0.4) is 0 Å². The smallest absolute Gasteiger partial charge is 0.255 e. The molecule has 8 heteroatoms. The van der Waals surface area contributed by atoms with Crippen molar-refractivity contribution in [3.8, 4) is 11.4 Å². The highest BCUT2D eigenvalue weighted by Gasteiger charge is 2.17. The van der Waals surface area contributed by atoms with Crippen LogP contribution in [-0.4, -0.2) is 30.5 Å². The Bertz CT molecular complexity index is 1120. The highest BCUT2D eigenvalue weighted by molar-refractivity contribution is 6.30. The third kappa shape index (κ3) is 3.90. The van der Waals surface area contributed by atoms with Crippen molar-refractivity contribution >= 4 is 17.5 Å². The van der Waals surface area contributed by atoms with Gasteiger partial charge in [-0.25, -0.2) is 14.3 Å². The lowest BCUT2D eigenvalue weighted by Crippen LogP contribution is -2.27. The van der Waals surface area contributed by atoms with Gasteiger partial charge in [0.15, 0.2) is 0 Å². The van der Waals surface area contributed by atoms with Gasteiger partial charge in [-0.15, -0.1) is 0 Å². The fourth-order valence-corrected chi connectivity index (χ4v) is 3.22. The number of rotatable bonds is 5. The van der Waals surface area contributed by atoms with Gasteiger partial charge in [0.25, 0.3) is 5.91 Å². The lowest BCUT2D eigenvalue weighted by Gasteiger charge is -2.15. The van der Waals surface area contributed by atoms with Crippen molar-refractivity contribution in [2.45, 2.75) is 19.9 Å². The Hall–Kier alpha value is -3.45. The predicted molar refractivity (Wildman–Crippen MR) is 111 cm³/mol. The molecule has 2 aromatic carbocycles. The molecule has 2 heterocycles. The molecule has 0 aliphatic carbocycles. The SMILES string of the molecule is Cc1c(C(=O)NC(C)c2ccc(-n3cncn3)cc2)cnn1-c1ccc(Cl)cc1. The summed E-state index contributed by atoms with van der Waals surface area (Å²) in [4.78, 5) is 16.7. The van der Waals surface area contributed by atoms with Crippen LogP contribution in [0, 0.1) is 6.92 Å². The molecule has 146 valence electrons. The summed E-state index contributed by atoms with van der Waals surface area (Å²) in [5.74, 6) is -0.171. The van der Waals surface area contributed by atoms with Gasteiger partial charge in [0.2, 0.25) is 0 Å². The minimum absolute atomic E-state index is 0.162. The van der Waals surface area contributed by atoms with Crippen LogP contribution < -0.4 is 5.32 Å². The van der Waals surface area contributed by atoms with E-state index in [1.165, 1.54) is 6.33 Å². The summed E-state index contributed by atoms with van der Waals surface area (Å²) in [6, 6.07) is 15.0. The largest absolute Gasteiger partial charge is 0.345 e. The number of amides is 1. The normalized spacial score (nSPS) is 12.0. The predicted octanol–water partition coefficient (Wildman–Crippen LogP) is 3.91. The molecule has 0 aliphatic rings. The van der Waals surface area contributed by atoms with Crippen molar-refractivity contribution in [2.75, 3.05) is 0 Å². The van der Waals surface area contributed by atoms with Gasteiger partial charge in [0, 0.05) is 5.02 Å². The zero-order chi connectivity index (χ0) is 20.4. The molecule has 4 rings (SSSR count). The van der Waals surface area contributed by atoms with Gasteiger partial charge < -0.3 is 5.32 Å². The molecule has 0 aliphatic heterocycles. The molecule has 29 heavy (non-hydrogen) atoms. The van der Waals surface area contributed by atoms with E-state index in [-0.39, 0.29) is 11.9 Å². The topological polar surface area (TPSA) is 77.6 Å². The average molecular weight is 407 g/mol. The standard InChI is InChI=1S/C21H19ClN6O/c1-14(16-3-7-18(8-4-16)27-13-23-12-25-27)26-21(29)20-11-24-28(15(20)2)19-9-5-17(22)6-10-19/h3-14H,1-2H3,(H,26,29). The second-order valence-corrected chi connectivity index (χ2v) is 7.10. The summed E-state index contributed by atoms with van der Waals surface area (Å²) in [6.07, 6.45) is 4.71. The minimum Gasteiger partial charge on any atom is -0.345 e. The van der Waals surface area contributed by atoms with Crippen LogP contribution in [0.25, 0.3) is 11.4 Å². The highest BCUT2D eigenvalue weighted by atomic mass is 35.5. The number of carbonyl (C=O) groups excluding carboxylic acids is 1. The molecule has 1 N–H and O–H groups in total. The number of halogens is 1. The number of nitrogens with one attached hydrogen (secondary N) is 1. The van der Waals surface area contributed by atoms with Gasteiger partial charge >= 0.3 is 0 Å². The quantitative estimate of drug-likeness (QED) is 0.545. The van der Waals surface area contributed by atoms with Crippen molar-refractivity contribution in [3.05, 3.63) is 89.2 Å². The van der Waals surface area contributed by atoms with Crippen molar-refractivity contribution in [1.82, 2.24) is 29.9 Å². The van der Waals surface area contributed by atoms with Crippen molar-refractivity contribution < 1.29 is 4.79 Å². The zero-order valence-corrected chi connectivity index (χ0v) is 16.7. The molecule has 1 amide bonds. The van der Waals surface area contributed by atoms with Gasteiger partial charge in [-0.2, -0.15) is 10.2 Å². The molecule has 2 aromatic heterocycles. The average Bonchev–Trinajstić information content (AvgIpc) is 3.39. The maximum absolute atomic E-state index is 12.8. The van der Waals surface area contributed by atoms with Crippen LogP contribution in [-0.2, 0) is 0 Å². The lowest BCUT2D eigenvalue weighted by molar-refractivity contribution is 0.0939. The molecule has 7 nitrogen and oxygen atoms in total. The first-order valence-electron chi connectivity index (χ1n) is 9.09. The molecule has 0 saturated carbocycles. The molecular weight excluding hydrogens is 388 g/mol. The van der Waals surface area contributed by atoms with Gasteiger partial charge in [-0.1, -0.05) is 23.7 Å². The maximum atomic E-state index is 12.8. The van der Waals surface area contributed by atoms with Crippen molar-refractivity contribution in [1.29, 1.82) is 0 Å². The Morgan fingerprint density at radius 2 is 1.72 bits per heavy atom. The first-order valence-corrected chi connectivity index (χ1v) is 9.47. The Balaban J connectivity index is 1.48. The van der Waals surface area contributed by atoms with E-state index in [4.69, 9.17) is 11.6 Å². The van der Waals surface area contributed by atoms with E-state index in [1.54, 1.807) is 34.0 Å². The van der Waals surface area contributed by atoms with Crippen LogP contribution in [0.4, 0.5) is 0 Å². The Morgan fingerprint density at radius 1 is 1.03 bits per heavy atom. The lowest BCUT2D eigenvalue weighted by atomic mass is 10.1. The highest BCUT2D eigenvalue weighted by Crippen LogP contribution is 2.19. The first kappa shape index (κ1) is 18.9. The third-order valence-corrected chi connectivity index (χ3v) is 5.00. The molecular formula is C21H19ClN6O.